The topological polar surface area (TPSA) is 52.9 Å². The minimum atomic E-state index is -0.440. The van der Waals surface area contributed by atoms with Gasteiger partial charge in [-0.3, -0.25) is 4.79 Å². The Morgan fingerprint density at radius 3 is 2.56 bits per heavy atom. The van der Waals surface area contributed by atoms with E-state index in [4.69, 9.17) is 5.26 Å². The lowest BCUT2D eigenvalue weighted by molar-refractivity contribution is -0.122. The summed E-state index contributed by atoms with van der Waals surface area (Å²) in [7, 11) is 0. The lowest BCUT2D eigenvalue weighted by Crippen LogP contribution is -2.35. The molecule has 2 atom stereocenters. The SMILES string of the molecule is CCC(C(=O)NC(C)C#N)c1ccccc1. The maximum Gasteiger partial charge on any atom is 0.228 e. The van der Waals surface area contributed by atoms with Gasteiger partial charge in [-0.1, -0.05) is 37.3 Å². The second-order valence-corrected chi connectivity index (χ2v) is 3.73. The Kier molecular flexibility index (Phi) is 4.53. The molecule has 0 heterocycles. The fraction of sp³-hybridized carbons (Fsp3) is 0.385. The number of rotatable bonds is 4. The zero-order valence-electron chi connectivity index (χ0n) is 9.60. The molecule has 1 aromatic rings. The predicted octanol–water partition coefficient (Wildman–Crippen LogP) is 2.21. The van der Waals surface area contributed by atoms with Crippen molar-refractivity contribution in [1.82, 2.24) is 5.32 Å². The van der Waals surface area contributed by atoms with Gasteiger partial charge in [-0.25, -0.2) is 0 Å². The van der Waals surface area contributed by atoms with Crippen LogP contribution < -0.4 is 5.32 Å². The van der Waals surface area contributed by atoms with Gasteiger partial charge in [0, 0.05) is 0 Å². The second kappa shape index (κ2) is 5.92. The molecule has 0 aliphatic carbocycles. The van der Waals surface area contributed by atoms with E-state index in [9.17, 15) is 4.79 Å². The summed E-state index contributed by atoms with van der Waals surface area (Å²) in [5, 5.41) is 11.3. The smallest absolute Gasteiger partial charge is 0.228 e. The Labute approximate surface area is 96.1 Å². The van der Waals surface area contributed by atoms with Crippen LogP contribution in [0.5, 0.6) is 0 Å². The number of nitrogens with one attached hydrogen (secondary N) is 1. The number of hydrogen-bond acceptors (Lipinski definition) is 2. The molecule has 0 saturated heterocycles. The third-order valence-corrected chi connectivity index (χ3v) is 2.48. The van der Waals surface area contributed by atoms with Gasteiger partial charge in [-0.15, -0.1) is 0 Å². The molecule has 2 unspecified atom stereocenters. The third kappa shape index (κ3) is 3.09. The molecule has 1 aromatic carbocycles. The van der Waals surface area contributed by atoms with Crippen LogP contribution >= 0.6 is 0 Å². The van der Waals surface area contributed by atoms with Gasteiger partial charge in [0.2, 0.25) is 5.91 Å². The van der Waals surface area contributed by atoms with Gasteiger partial charge in [-0.05, 0) is 18.9 Å². The number of carbonyl (C=O) groups is 1. The van der Waals surface area contributed by atoms with Crippen molar-refractivity contribution >= 4 is 5.91 Å². The first-order chi connectivity index (χ1) is 7.69. The zero-order valence-corrected chi connectivity index (χ0v) is 9.60. The molecule has 0 saturated carbocycles. The molecule has 0 bridgehead atoms. The average Bonchev–Trinajstić information content (AvgIpc) is 2.31. The molecule has 16 heavy (non-hydrogen) atoms. The van der Waals surface area contributed by atoms with Crippen molar-refractivity contribution in [3.05, 3.63) is 35.9 Å². The summed E-state index contributed by atoms with van der Waals surface area (Å²) in [6, 6.07) is 11.2. The minimum absolute atomic E-state index is 0.0808. The predicted molar refractivity (Wildman–Crippen MR) is 62.7 cm³/mol. The summed E-state index contributed by atoms with van der Waals surface area (Å²) in [6.07, 6.45) is 0.730. The van der Waals surface area contributed by atoms with Crippen LogP contribution in [0.1, 0.15) is 31.7 Å². The maximum absolute atomic E-state index is 11.9. The van der Waals surface area contributed by atoms with Crippen LogP contribution in [0.15, 0.2) is 30.3 Å². The quantitative estimate of drug-likeness (QED) is 0.838. The van der Waals surface area contributed by atoms with E-state index in [1.54, 1.807) is 6.92 Å². The van der Waals surface area contributed by atoms with Gasteiger partial charge in [0.05, 0.1) is 12.0 Å². The molecule has 0 radical (unpaired) electrons. The fourth-order valence-corrected chi connectivity index (χ4v) is 1.60. The van der Waals surface area contributed by atoms with Gasteiger partial charge in [0.1, 0.15) is 6.04 Å². The van der Waals surface area contributed by atoms with E-state index in [1.165, 1.54) is 0 Å². The van der Waals surface area contributed by atoms with Gasteiger partial charge < -0.3 is 5.32 Å². The molecule has 1 amide bonds. The summed E-state index contributed by atoms with van der Waals surface area (Å²) >= 11 is 0. The van der Waals surface area contributed by atoms with E-state index in [-0.39, 0.29) is 11.8 Å². The standard InChI is InChI=1S/C13H16N2O/c1-3-12(11-7-5-4-6-8-11)13(16)15-10(2)9-14/h4-8,10,12H,3H2,1-2H3,(H,15,16). The van der Waals surface area contributed by atoms with Crippen LogP contribution in [0, 0.1) is 11.3 Å². The molecule has 0 aliphatic rings. The number of amides is 1. The summed E-state index contributed by atoms with van der Waals surface area (Å²) in [5.41, 5.74) is 0.993. The molecule has 1 N–H and O–H groups in total. The summed E-state index contributed by atoms with van der Waals surface area (Å²) in [6.45, 7) is 3.64. The van der Waals surface area contributed by atoms with Crippen molar-refractivity contribution in [3.8, 4) is 6.07 Å². The third-order valence-electron chi connectivity index (χ3n) is 2.48. The molecular formula is C13H16N2O. The summed E-state index contributed by atoms with van der Waals surface area (Å²) < 4.78 is 0. The molecule has 3 heteroatoms. The first-order valence-corrected chi connectivity index (χ1v) is 5.44. The Balaban J connectivity index is 2.76. The summed E-state index contributed by atoms with van der Waals surface area (Å²) in [5.74, 6) is -0.250. The minimum Gasteiger partial charge on any atom is -0.340 e. The highest BCUT2D eigenvalue weighted by Gasteiger charge is 2.19. The molecule has 0 fully saturated rings. The first kappa shape index (κ1) is 12.3. The van der Waals surface area contributed by atoms with Crippen molar-refractivity contribution in [2.24, 2.45) is 0 Å². The fourth-order valence-electron chi connectivity index (χ4n) is 1.60. The number of carbonyl (C=O) groups excluding carboxylic acids is 1. The van der Waals surface area contributed by atoms with Crippen LogP contribution in [-0.4, -0.2) is 11.9 Å². The van der Waals surface area contributed by atoms with Gasteiger partial charge in [0.25, 0.3) is 0 Å². The van der Waals surface area contributed by atoms with Crippen LogP contribution in [0.2, 0.25) is 0 Å². The molecule has 84 valence electrons. The zero-order chi connectivity index (χ0) is 12.0. The Morgan fingerprint density at radius 1 is 1.44 bits per heavy atom. The van der Waals surface area contributed by atoms with E-state index in [0.29, 0.717) is 0 Å². The van der Waals surface area contributed by atoms with Crippen molar-refractivity contribution in [1.29, 1.82) is 5.26 Å². The van der Waals surface area contributed by atoms with Crippen molar-refractivity contribution in [2.75, 3.05) is 0 Å². The highest BCUT2D eigenvalue weighted by molar-refractivity contribution is 5.84. The van der Waals surface area contributed by atoms with Crippen LogP contribution in [0.3, 0.4) is 0 Å². The van der Waals surface area contributed by atoms with E-state index in [1.807, 2.05) is 43.3 Å². The number of hydrogen-bond donors (Lipinski definition) is 1. The van der Waals surface area contributed by atoms with Crippen LogP contribution in [0.4, 0.5) is 0 Å². The Bertz CT molecular complexity index is 381. The second-order valence-electron chi connectivity index (χ2n) is 3.73. The lowest BCUT2D eigenvalue weighted by atomic mass is 9.95. The average molecular weight is 216 g/mol. The molecule has 3 nitrogen and oxygen atoms in total. The van der Waals surface area contributed by atoms with Crippen molar-refractivity contribution in [3.63, 3.8) is 0 Å². The maximum atomic E-state index is 11.9. The highest BCUT2D eigenvalue weighted by atomic mass is 16.1. The number of nitriles is 1. The van der Waals surface area contributed by atoms with Crippen LogP contribution in [-0.2, 0) is 4.79 Å². The highest BCUT2D eigenvalue weighted by Crippen LogP contribution is 2.19. The van der Waals surface area contributed by atoms with Crippen LogP contribution in [0.25, 0.3) is 0 Å². The van der Waals surface area contributed by atoms with Crippen molar-refractivity contribution < 1.29 is 4.79 Å². The molecule has 1 rings (SSSR count). The molecule has 0 spiro atoms. The van der Waals surface area contributed by atoms with E-state index >= 15 is 0 Å². The Hall–Kier alpha value is -1.82. The molecule has 0 aromatic heterocycles. The lowest BCUT2D eigenvalue weighted by Gasteiger charge is -2.16. The van der Waals surface area contributed by atoms with Gasteiger partial charge in [-0.2, -0.15) is 5.26 Å². The normalized spacial score (nSPS) is 13.6. The monoisotopic (exact) mass is 216 g/mol. The molecule has 0 aliphatic heterocycles. The van der Waals surface area contributed by atoms with E-state index < -0.39 is 6.04 Å². The Morgan fingerprint density at radius 2 is 2.06 bits per heavy atom. The summed E-state index contributed by atoms with van der Waals surface area (Å²) in [4.78, 5) is 11.9. The molecular weight excluding hydrogens is 200 g/mol. The number of nitrogens with zero attached hydrogens (tertiary/aromatic N) is 1. The number of benzene rings is 1. The van der Waals surface area contributed by atoms with E-state index in [0.717, 1.165) is 12.0 Å². The van der Waals surface area contributed by atoms with E-state index in [2.05, 4.69) is 5.32 Å². The largest absolute Gasteiger partial charge is 0.340 e. The van der Waals surface area contributed by atoms with Gasteiger partial charge in [0.15, 0.2) is 0 Å². The van der Waals surface area contributed by atoms with Gasteiger partial charge >= 0.3 is 0 Å². The van der Waals surface area contributed by atoms with Crippen molar-refractivity contribution in [2.45, 2.75) is 32.2 Å². The first-order valence-electron chi connectivity index (χ1n) is 5.44.